The van der Waals surface area contributed by atoms with E-state index in [1.54, 1.807) is 15.8 Å². The summed E-state index contributed by atoms with van der Waals surface area (Å²) in [7, 11) is 0. The van der Waals surface area contributed by atoms with Crippen molar-refractivity contribution in [1.82, 2.24) is 19.7 Å². The Bertz CT molecular complexity index is 971. The lowest BCUT2D eigenvalue weighted by Crippen LogP contribution is -2.51. The average Bonchev–Trinajstić information content (AvgIpc) is 3.13. The molecule has 28 heavy (non-hydrogen) atoms. The van der Waals surface area contributed by atoms with Crippen LogP contribution in [0.15, 0.2) is 48.8 Å². The monoisotopic (exact) mass is 380 g/mol. The second kappa shape index (κ2) is 7.98. The van der Waals surface area contributed by atoms with Crippen LogP contribution in [0.1, 0.15) is 18.5 Å². The van der Waals surface area contributed by atoms with Gasteiger partial charge in [0.2, 0.25) is 5.91 Å². The minimum absolute atomic E-state index is 0.0300. The van der Waals surface area contributed by atoms with E-state index in [1.807, 2.05) is 49.5 Å². The fourth-order valence-corrected chi connectivity index (χ4v) is 3.53. The van der Waals surface area contributed by atoms with Crippen molar-refractivity contribution in [3.8, 4) is 5.75 Å². The van der Waals surface area contributed by atoms with Gasteiger partial charge in [-0.25, -0.2) is 0 Å². The number of ether oxygens (including phenoxy) is 1. The van der Waals surface area contributed by atoms with Gasteiger partial charge in [-0.05, 0) is 37.3 Å². The second-order valence-corrected chi connectivity index (χ2v) is 7.18. The summed E-state index contributed by atoms with van der Waals surface area (Å²) >= 11 is 0. The summed E-state index contributed by atoms with van der Waals surface area (Å²) in [5, 5.41) is 15.8. The van der Waals surface area contributed by atoms with E-state index in [-0.39, 0.29) is 18.6 Å². The number of aryl methyl sites for hydroxylation is 2. The van der Waals surface area contributed by atoms with Crippen molar-refractivity contribution in [3.63, 3.8) is 0 Å². The first-order chi connectivity index (χ1) is 13.6. The van der Waals surface area contributed by atoms with Crippen molar-refractivity contribution in [2.75, 3.05) is 13.1 Å². The first kappa shape index (κ1) is 18.4. The summed E-state index contributed by atoms with van der Waals surface area (Å²) in [4.78, 5) is 18.5. The molecule has 2 aromatic heterocycles. The van der Waals surface area contributed by atoms with Crippen LogP contribution in [0.2, 0.25) is 0 Å². The SMILES string of the molecule is Cc1ccn(CCC(=O)N2CC[C@@H](Oc3ccc4ncccc4c3)[C@H](O)C2)n1. The molecule has 7 nitrogen and oxygen atoms in total. The third-order valence-corrected chi connectivity index (χ3v) is 5.06. The molecule has 1 aliphatic heterocycles. The van der Waals surface area contributed by atoms with Crippen LogP contribution in [0.25, 0.3) is 10.9 Å². The maximum atomic E-state index is 12.5. The van der Waals surface area contributed by atoms with Gasteiger partial charge in [-0.3, -0.25) is 14.5 Å². The average molecular weight is 380 g/mol. The number of fused-ring (bicyclic) bond motifs is 1. The summed E-state index contributed by atoms with van der Waals surface area (Å²) in [5.74, 6) is 0.737. The lowest BCUT2D eigenvalue weighted by molar-refractivity contribution is -0.137. The van der Waals surface area contributed by atoms with E-state index in [4.69, 9.17) is 4.74 Å². The zero-order chi connectivity index (χ0) is 19.5. The van der Waals surface area contributed by atoms with Crippen LogP contribution in [-0.4, -0.2) is 56.0 Å². The lowest BCUT2D eigenvalue weighted by Gasteiger charge is -2.36. The highest BCUT2D eigenvalue weighted by atomic mass is 16.5. The third-order valence-electron chi connectivity index (χ3n) is 5.06. The van der Waals surface area contributed by atoms with Gasteiger partial charge >= 0.3 is 0 Å². The number of piperidine rings is 1. The molecule has 0 spiro atoms. The van der Waals surface area contributed by atoms with Crippen molar-refractivity contribution in [3.05, 3.63) is 54.5 Å². The van der Waals surface area contributed by atoms with E-state index in [0.717, 1.165) is 16.6 Å². The largest absolute Gasteiger partial charge is 0.488 e. The van der Waals surface area contributed by atoms with Gasteiger partial charge in [0.1, 0.15) is 18.0 Å². The lowest BCUT2D eigenvalue weighted by atomic mass is 10.0. The number of aliphatic hydroxyl groups excluding tert-OH is 1. The van der Waals surface area contributed by atoms with E-state index >= 15 is 0 Å². The van der Waals surface area contributed by atoms with E-state index in [2.05, 4.69) is 10.1 Å². The number of pyridine rings is 1. The Morgan fingerprint density at radius 3 is 3.00 bits per heavy atom. The summed E-state index contributed by atoms with van der Waals surface area (Å²) < 4.78 is 7.78. The Hall–Kier alpha value is -2.93. The van der Waals surface area contributed by atoms with Crippen LogP contribution in [0.4, 0.5) is 0 Å². The van der Waals surface area contributed by atoms with E-state index in [1.165, 1.54) is 0 Å². The molecule has 0 radical (unpaired) electrons. The number of β-amino-alcohol motifs (C(OH)–C–C–N with tert-alkyl or cyclic N) is 1. The molecule has 3 aromatic rings. The number of aliphatic hydroxyl groups is 1. The fourth-order valence-electron chi connectivity index (χ4n) is 3.53. The van der Waals surface area contributed by atoms with Crippen LogP contribution in [-0.2, 0) is 11.3 Å². The minimum atomic E-state index is -0.714. The van der Waals surface area contributed by atoms with Crippen molar-refractivity contribution in [2.24, 2.45) is 0 Å². The first-order valence-corrected chi connectivity index (χ1v) is 9.56. The quantitative estimate of drug-likeness (QED) is 0.734. The van der Waals surface area contributed by atoms with Gasteiger partial charge in [-0.2, -0.15) is 5.10 Å². The molecule has 1 saturated heterocycles. The second-order valence-electron chi connectivity index (χ2n) is 7.18. The molecule has 1 aliphatic rings. The van der Waals surface area contributed by atoms with Crippen LogP contribution >= 0.6 is 0 Å². The number of hydrogen-bond donors (Lipinski definition) is 1. The molecular formula is C21H24N4O3. The number of carbonyl (C=O) groups excluding carboxylic acids is 1. The van der Waals surface area contributed by atoms with Gasteiger partial charge < -0.3 is 14.7 Å². The number of likely N-dealkylation sites (tertiary alicyclic amines) is 1. The summed E-state index contributed by atoms with van der Waals surface area (Å²) in [6.07, 6.45) is 3.56. The Labute approximate surface area is 163 Å². The van der Waals surface area contributed by atoms with Gasteiger partial charge in [0.05, 0.1) is 17.8 Å². The molecule has 4 rings (SSSR count). The van der Waals surface area contributed by atoms with Gasteiger partial charge in [0.25, 0.3) is 0 Å². The number of nitrogens with zero attached hydrogens (tertiary/aromatic N) is 4. The zero-order valence-electron chi connectivity index (χ0n) is 15.9. The van der Waals surface area contributed by atoms with E-state index in [9.17, 15) is 9.90 Å². The number of rotatable bonds is 5. The van der Waals surface area contributed by atoms with Crippen LogP contribution in [0, 0.1) is 6.92 Å². The normalized spacial score (nSPS) is 19.7. The van der Waals surface area contributed by atoms with E-state index < -0.39 is 6.10 Å². The molecule has 7 heteroatoms. The minimum Gasteiger partial charge on any atom is -0.488 e. The van der Waals surface area contributed by atoms with Crippen molar-refractivity contribution in [1.29, 1.82) is 0 Å². The summed E-state index contributed by atoms with van der Waals surface area (Å²) in [5.41, 5.74) is 1.84. The molecule has 0 saturated carbocycles. The summed E-state index contributed by atoms with van der Waals surface area (Å²) in [6.45, 7) is 3.33. The number of amides is 1. The highest BCUT2D eigenvalue weighted by molar-refractivity contribution is 5.79. The smallest absolute Gasteiger partial charge is 0.224 e. The van der Waals surface area contributed by atoms with Gasteiger partial charge in [-0.1, -0.05) is 6.07 Å². The maximum absolute atomic E-state index is 12.5. The molecule has 3 heterocycles. The van der Waals surface area contributed by atoms with Gasteiger partial charge in [0, 0.05) is 43.7 Å². The number of aromatic nitrogens is 3. The van der Waals surface area contributed by atoms with Gasteiger partial charge in [-0.15, -0.1) is 0 Å². The molecule has 1 N–H and O–H groups in total. The zero-order valence-corrected chi connectivity index (χ0v) is 15.9. The standard InChI is InChI=1S/C21H24N4O3/c1-15-6-11-25(23-15)12-8-21(27)24-10-7-20(19(26)14-24)28-17-4-5-18-16(13-17)3-2-9-22-18/h2-6,9,11,13,19-20,26H,7-8,10,12,14H2,1H3/t19-,20-/m1/s1. The Morgan fingerprint density at radius 2 is 2.21 bits per heavy atom. The molecule has 146 valence electrons. The molecule has 0 aliphatic carbocycles. The Kier molecular flexibility index (Phi) is 5.25. The topological polar surface area (TPSA) is 80.5 Å². The highest BCUT2D eigenvalue weighted by Crippen LogP contribution is 2.23. The fraction of sp³-hybridized carbons (Fsp3) is 0.381. The van der Waals surface area contributed by atoms with Gasteiger partial charge in [0.15, 0.2) is 0 Å². The molecular weight excluding hydrogens is 356 g/mol. The molecule has 1 fully saturated rings. The predicted octanol–water partition coefficient (Wildman–Crippen LogP) is 2.17. The number of benzene rings is 1. The van der Waals surface area contributed by atoms with E-state index in [0.29, 0.717) is 31.7 Å². The molecule has 0 unspecified atom stereocenters. The predicted molar refractivity (Wildman–Crippen MR) is 105 cm³/mol. The highest BCUT2D eigenvalue weighted by Gasteiger charge is 2.31. The van der Waals surface area contributed by atoms with Crippen LogP contribution in [0.5, 0.6) is 5.75 Å². The van der Waals surface area contributed by atoms with Crippen LogP contribution < -0.4 is 4.74 Å². The molecule has 1 amide bonds. The maximum Gasteiger partial charge on any atom is 0.224 e. The van der Waals surface area contributed by atoms with Crippen molar-refractivity contribution >= 4 is 16.8 Å². The Balaban J connectivity index is 1.32. The summed E-state index contributed by atoms with van der Waals surface area (Å²) in [6, 6.07) is 11.5. The third kappa shape index (κ3) is 4.14. The molecule has 2 atom stereocenters. The van der Waals surface area contributed by atoms with Crippen molar-refractivity contribution in [2.45, 2.75) is 38.5 Å². The number of carbonyl (C=O) groups is 1. The Morgan fingerprint density at radius 1 is 1.32 bits per heavy atom. The molecule has 1 aromatic carbocycles. The number of hydrogen-bond acceptors (Lipinski definition) is 5. The molecule has 0 bridgehead atoms. The van der Waals surface area contributed by atoms with Crippen molar-refractivity contribution < 1.29 is 14.6 Å². The van der Waals surface area contributed by atoms with Crippen LogP contribution in [0.3, 0.4) is 0 Å². The first-order valence-electron chi connectivity index (χ1n) is 9.56.